The van der Waals surface area contributed by atoms with Crippen LogP contribution < -0.4 is 0 Å². The summed E-state index contributed by atoms with van der Waals surface area (Å²) in [4.78, 5) is 4.55. The molecule has 0 aliphatic carbocycles. The number of allylic oxidation sites excluding steroid dienone is 7. The maximum atomic E-state index is 4.55. The molecule has 1 aliphatic rings. The molecule has 1 unspecified atom stereocenters. The quantitative estimate of drug-likeness (QED) is 0.616. The van der Waals surface area contributed by atoms with Crippen LogP contribution in [0.2, 0.25) is 0 Å². The number of nitrogens with zero attached hydrogens (tertiary/aromatic N) is 1. The monoisotopic (exact) mass is 229 g/mol. The molecule has 0 radical (unpaired) electrons. The molecule has 0 saturated heterocycles. The first-order valence-electron chi connectivity index (χ1n) is 6.32. The molecule has 0 spiro atoms. The van der Waals surface area contributed by atoms with Gasteiger partial charge in [-0.15, -0.1) is 0 Å². The van der Waals surface area contributed by atoms with Crippen LogP contribution >= 0.6 is 0 Å². The van der Waals surface area contributed by atoms with Crippen molar-refractivity contribution in [2.45, 2.75) is 39.7 Å². The molecule has 0 aromatic carbocycles. The van der Waals surface area contributed by atoms with Crippen molar-refractivity contribution in [3.63, 3.8) is 0 Å². The summed E-state index contributed by atoms with van der Waals surface area (Å²) in [6, 6.07) is 0.414. The second kappa shape index (κ2) is 7.05. The Hall–Kier alpha value is -1.37. The van der Waals surface area contributed by atoms with Crippen molar-refractivity contribution in [1.82, 2.24) is 0 Å². The van der Waals surface area contributed by atoms with Crippen LogP contribution in [0.5, 0.6) is 0 Å². The maximum absolute atomic E-state index is 4.55. The van der Waals surface area contributed by atoms with Gasteiger partial charge in [-0.3, -0.25) is 4.99 Å². The molecule has 1 heteroatoms. The molecule has 1 atom stereocenters. The Balaban J connectivity index is 2.32. The molecular formula is C16H23N. The lowest BCUT2D eigenvalue weighted by molar-refractivity contribution is 0.354. The number of dihydropyridines is 1. The summed E-state index contributed by atoms with van der Waals surface area (Å²) in [5.74, 6) is 0. The van der Waals surface area contributed by atoms with Gasteiger partial charge in [-0.05, 0) is 25.8 Å². The lowest BCUT2D eigenvalue weighted by Crippen LogP contribution is -2.27. The van der Waals surface area contributed by atoms with Crippen LogP contribution in [0, 0.1) is 5.41 Å². The fourth-order valence-corrected chi connectivity index (χ4v) is 1.86. The van der Waals surface area contributed by atoms with Gasteiger partial charge in [0.25, 0.3) is 0 Å². The molecule has 1 nitrogen and oxygen atoms in total. The second-order valence-corrected chi connectivity index (χ2v) is 4.91. The Labute approximate surface area is 105 Å². The van der Waals surface area contributed by atoms with Crippen molar-refractivity contribution in [3.05, 3.63) is 48.6 Å². The summed E-state index contributed by atoms with van der Waals surface area (Å²) in [6.45, 7) is 6.52. The van der Waals surface area contributed by atoms with E-state index >= 15 is 0 Å². The number of aliphatic imine (C=N–C) groups is 1. The van der Waals surface area contributed by atoms with Crippen molar-refractivity contribution < 1.29 is 0 Å². The molecule has 0 fully saturated rings. The third-order valence-corrected chi connectivity index (χ3v) is 3.01. The van der Waals surface area contributed by atoms with Gasteiger partial charge >= 0.3 is 0 Å². The Morgan fingerprint density at radius 3 is 2.65 bits per heavy atom. The molecule has 92 valence electrons. The first kappa shape index (κ1) is 13.7. The molecule has 1 aliphatic heterocycles. The maximum Gasteiger partial charge on any atom is 0.0587 e. The molecule has 0 saturated carbocycles. The molecule has 0 aromatic rings. The molecule has 1 heterocycles. The van der Waals surface area contributed by atoms with E-state index < -0.39 is 0 Å². The highest BCUT2D eigenvalue weighted by atomic mass is 14.8. The van der Waals surface area contributed by atoms with Gasteiger partial charge in [0, 0.05) is 11.6 Å². The summed E-state index contributed by atoms with van der Waals surface area (Å²) >= 11 is 0. The molecule has 17 heavy (non-hydrogen) atoms. The van der Waals surface area contributed by atoms with Gasteiger partial charge in [0.1, 0.15) is 0 Å². The molecule has 0 bridgehead atoms. The number of rotatable bonds is 5. The van der Waals surface area contributed by atoms with Gasteiger partial charge in [0.15, 0.2) is 0 Å². The van der Waals surface area contributed by atoms with Crippen LogP contribution in [0.4, 0.5) is 0 Å². The minimum atomic E-state index is 0.198. The van der Waals surface area contributed by atoms with Crippen LogP contribution in [-0.2, 0) is 0 Å². The Bertz CT molecular complexity index is 354. The summed E-state index contributed by atoms with van der Waals surface area (Å²) < 4.78 is 0. The van der Waals surface area contributed by atoms with Crippen LogP contribution in [0.15, 0.2) is 53.6 Å². The van der Waals surface area contributed by atoms with Gasteiger partial charge in [0.05, 0.1) is 6.04 Å². The van der Waals surface area contributed by atoms with Crippen LogP contribution in [0.25, 0.3) is 0 Å². The summed E-state index contributed by atoms with van der Waals surface area (Å²) in [6.07, 6.45) is 20.9. The van der Waals surface area contributed by atoms with E-state index in [9.17, 15) is 0 Å². The Morgan fingerprint density at radius 2 is 1.94 bits per heavy atom. The van der Waals surface area contributed by atoms with Crippen molar-refractivity contribution in [3.8, 4) is 0 Å². The predicted octanol–water partition coefficient (Wildman–Crippen LogP) is 4.49. The summed E-state index contributed by atoms with van der Waals surface area (Å²) in [5, 5.41) is 0. The first-order chi connectivity index (χ1) is 8.17. The molecule has 0 N–H and O–H groups in total. The highest BCUT2D eigenvalue weighted by molar-refractivity contribution is 5.72. The zero-order valence-corrected chi connectivity index (χ0v) is 11.1. The van der Waals surface area contributed by atoms with E-state index in [0.717, 1.165) is 12.8 Å². The zero-order chi connectivity index (χ0) is 12.6. The average molecular weight is 229 g/mol. The van der Waals surface area contributed by atoms with E-state index in [4.69, 9.17) is 0 Å². The van der Waals surface area contributed by atoms with Gasteiger partial charge in [0.2, 0.25) is 0 Å². The lowest BCUT2D eigenvalue weighted by atomic mass is 9.81. The lowest BCUT2D eigenvalue weighted by Gasteiger charge is -2.30. The van der Waals surface area contributed by atoms with Gasteiger partial charge in [-0.2, -0.15) is 0 Å². The van der Waals surface area contributed by atoms with Crippen LogP contribution in [-0.4, -0.2) is 12.3 Å². The third-order valence-electron chi connectivity index (χ3n) is 3.01. The zero-order valence-electron chi connectivity index (χ0n) is 11.1. The van der Waals surface area contributed by atoms with Crippen molar-refractivity contribution in [1.29, 1.82) is 0 Å². The number of hydrogen-bond donors (Lipinski definition) is 0. The van der Waals surface area contributed by atoms with Gasteiger partial charge < -0.3 is 0 Å². The fraction of sp³-hybridized carbons (Fsp3) is 0.438. The van der Waals surface area contributed by atoms with E-state index in [-0.39, 0.29) is 5.41 Å². The normalized spacial score (nSPS) is 23.4. The molecule has 1 rings (SSSR count). The minimum Gasteiger partial charge on any atom is -0.289 e. The van der Waals surface area contributed by atoms with E-state index in [0.29, 0.717) is 6.04 Å². The Morgan fingerprint density at radius 1 is 1.18 bits per heavy atom. The predicted molar refractivity (Wildman–Crippen MR) is 77.5 cm³/mol. The third kappa shape index (κ3) is 4.99. The van der Waals surface area contributed by atoms with Crippen LogP contribution in [0.1, 0.15) is 33.6 Å². The Kier molecular flexibility index (Phi) is 5.68. The van der Waals surface area contributed by atoms with E-state index in [1.165, 1.54) is 0 Å². The highest BCUT2D eigenvalue weighted by Gasteiger charge is 2.26. The molecule has 0 amide bonds. The average Bonchev–Trinajstić information content (AvgIpc) is 2.29. The summed E-state index contributed by atoms with van der Waals surface area (Å²) in [7, 11) is 0. The SMILES string of the molecule is CC=CC=CC=CCCC1N=CC=CC1(C)C. The van der Waals surface area contributed by atoms with Crippen molar-refractivity contribution in [2.24, 2.45) is 10.4 Å². The van der Waals surface area contributed by atoms with E-state index in [1.54, 1.807) is 0 Å². The topological polar surface area (TPSA) is 12.4 Å². The van der Waals surface area contributed by atoms with Gasteiger partial charge in [-0.1, -0.05) is 56.4 Å². The van der Waals surface area contributed by atoms with Gasteiger partial charge in [-0.25, -0.2) is 0 Å². The van der Waals surface area contributed by atoms with Crippen LogP contribution in [0.3, 0.4) is 0 Å². The standard InChI is InChI=1S/C16H23N/c1-4-5-6-7-8-9-10-12-15-16(2,3)13-11-14-17-15/h4-9,11,13-15H,10,12H2,1-3H3. The highest BCUT2D eigenvalue weighted by Crippen LogP contribution is 2.30. The fourth-order valence-electron chi connectivity index (χ4n) is 1.86. The largest absolute Gasteiger partial charge is 0.289 e. The summed E-state index contributed by atoms with van der Waals surface area (Å²) in [5.41, 5.74) is 0.198. The van der Waals surface area contributed by atoms with E-state index in [2.05, 4.69) is 43.1 Å². The molecular weight excluding hydrogens is 206 g/mol. The van der Waals surface area contributed by atoms with E-state index in [1.807, 2.05) is 37.4 Å². The van der Waals surface area contributed by atoms with Crippen molar-refractivity contribution in [2.75, 3.05) is 0 Å². The second-order valence-electron chi connectivity index (χ2n) is 4.91. The van der Waals surface area contributed by atoms with Crippen molar-refractivity contribution >= 4 is 6.21 Å². The smallest absolute Gasteiger partial charge is 0.0587 e. The minimum absolute atomic E-state index is 0.198. The number of hydrogen-bond acceptors (Lipinski definition) is 1. The first-order valence-corrected chi connectivity index (χ1v) is 6.32. The molecule has 0 aromatic heterocycles.